The van der Waals surface area contributed by atoms with Crippen LogP contribution in [-0.4, -0.2) is 109 Å². The number of nitrogens with two attached hydrogens (primary N) is 1. The van der Waals surface area contributed by atoms with Gasteiger partial charge in [0.1, 0.15) is 29.9 Å². The summed E-state index contributed by atoms with van der Waals surface area (Å²) in [4.78, 5) is 0. The molecule has 0 amide bonds. The summed E-state index contributed by atoms with van der Waals surface area (Å²) in [6.45, 7) is 2.90. The summed E-state index contributed by atoms with van der Waals surface area (Å²) < 4.78 is 21.2. The van der Waals surface area contributed by atoms with Gasteiger partial charge in [0.25, 0.3) is 0 Å². The molecule has 1 fully saturated rings. The third-order valence-corrected chi connectivity index (χ3v) is 4.49. The van der Waals surface area contributed by atoms with E-state index < -0.39 is 36.5 Å². The van der Waals surface area contributed by atoms with E-state index in [1.807, 2.05) is 0 Å². The molecule has 24 heavy (non-hydrogen) atoms. The van der Waals surface area contributed by atoms with Crippen LogP contribution in [0.2, 0.25) is 0 Å². The molecular weight excluding hydrogens is 342 g/mol. The van der Waals surface area contributed by atoms with E-state index in [0.29, 0.717) is 51.9 Å². The van der Waals surface area contributed by atoms with E-state index in [2.05, 4.69) is 0 Å². The lowest BCUT2D eigenvalue weighted by atomic mass is 10.0. The highest BCUT2D eigenvalue weighted by Crippen LogP contribution is 2.28. The second-order valence-corrected chi connectivity index (χ2v) is 6.40. The lowest BCUT2D eigenvalue weighted by Gasteiger charge is -2.39. The topological polar surface area (TPSA) is 144 Å². The molecule has 0 saturated carbocycles. The molecule has 144 valence electrons. The Hall–Kier alpha value is -0.0100. The molecule has 0 bridgehead atoms. The van der Waals surface area contributed by atoms with Crippen molar-refractivity contribution in [2.45, 2.75) is 29.9 Å². The first-order valence-electron chi connectivity index (χ1n) is 7.97. The fourth-order valence-electron chi connectivity index (χ4n) is 2.05. The van der Waals surface area contributed by atoms with Crippen LogP contribution in [-0.2, 0) is 18.9 Å². The lowest BCUT2D eigenvalue weighted by molar-refractivity contribution is -0.205. The monoisotopic (exact) mass is 371 g/mol. The standard InChI is InChI=1S/C14H29NO8S/c15-1-2-20-3-4-21-5-6-22-7-8-24-14-13(19)12(18)11(17)10(9-16)23-14/h10-14,16-19H,1-9,15H2/t10-,11-,12+,13+,14-/m1/s1. The maximum Gasteiger partial charge on any atom is 0.132 e. The number of thioether (sulfide) groups is 1. The first-order valence-corrected chi connectivity index (χ1v) is 9.02. The summed E-state index contributed by atoms with van der Waals surface area (Å²) in [5.74, 6) is 0.530. The van der Waals surface area contributed by atoms with Crippen molar-refractivity contribution < 1.29 is 39.4 Å². The Labute approximate surface area is 146 Å². The van der Waals surface area contributed by atoms with Crippen molar-refractivity contribution in [1.29, 1.82) is 0 Å². The number of hydrogen-bond donors (Lipinski definition) is 5. The van der Waals surface area contributed by atoms with E-state index in [4.69, 9.17) is 29.8 Å². The Morgan fingerprint density at radius 2 is 1.42 bits per heavy atom. The molecule has 0 radical (unpaired) electrons. The SMILES string of the molecule is NCCOCCOCCOCCS[C@H]1O[C@H](CO)[C@@H](O)[C@H](O)[C@@H]1O. The summed E-state index contributed by atoms with van der Waals surface area (Å²) in [7, 11) is 0. The summed E-state index contributed by atoms with van der Waals surface area (Å²) >= 11 is 1.26. The number of rotatable bonds is 13. The van der Waals surface area contributed by atoms with Crippen LogP contribution in [0.3, 0.4) is 0 Å². The largest absolute Gasteiger partial charge is 0.394 e. The lowest BCUT2D eigenvalue weighted by Crippen LogP contribution is -2.57. The van der Waals surface area contributed by atoms with Crippen LogP contribution in [0.15, 0.2) is 0 Å². The van der Waals surface area contributed by atoms with Crippen molar-refractivity contribution in [3.63, 3.8) is 0 Å². The van der Waals surface area contributed by atoms with Gasteiger partial charge in [-0.25, -0.2) is 0 Å². The van der Waals surface area contributed by atoms with Gasteiger partial charge in [-0.05, 0) is 0 Å². The molecule has 1 aliphatic heterocycles. The third kappa shape index (κ3) is 7.91. The van der Waals surface area contributed by atoms with Crippen LogP contribution in [0.1, 0.15) is 0 Å². The fraction of sp³-hybridized carbons (Fsp3) is 1.00. The van der Waals surface area contributed by atoms with E-state index >= 15 is 0 Å². The Morgan fingerprint density at radius 3 is 2.00 bits per heavy atom. The zero-order chi connectivity index (χ0) is 17.8. The quantitative estimate of drug-likeness (QED) is 0.221. The van der Waals surface area contributed by atoms with Gasteiger partial charge >= 0.3 is 0 Å². The van der Waals surface area contributed by atoms with Crippen molar-refractivity contribution >= 4 is 11.8 Å². The van der Waals surface area contributed by atoms with E-state index in [1.165, 1.54) is 11.8 Å². The highest BCUT2D eigenvalue weighted by atomic mass is 32.2. The molecule has 1 aliphatic rings. The third-order valence-electron chi connectivity index (χ3n) is 3.36. The molecule has 1 heterocycles. The number of aliphatic hydroxyl groups is 4. The Bertz CT molecular complexity index is 312. The first-order chi connectivity index (χ1) is 11.6. The summed E-state index contributed by atoms with van der Waals surface area (Å²) in [5, 5.41) is 38.3. The number of aliphatic hydroxyl groups excluding tert-OH is 4. The average molecular weight is 371 g/mol. The van der Waals surface area contributed by atoms with Crippen molar-refractivity contribution in [2.75, 3.05) is 58.5 Å². The molecule has 0 aromatic rings. The minimum atomic E-state index is -1.34. The number of hydrogen-bond acceptors (Lipinski definition) is 10. The van der Waals surface area contributed by atoms with Gasteiger partial charge in [0.2, 0.25) is 0 Å². The molecule has 0 aromatic carbocycles. The summed E-state index contributed by atoms with van der Waals surface area (Å²) in [5.41, 5.74) is 4.56. The van der Waals surface area contributed by atoms with Crippen LogP contribution >= 0.6 is 11.8 Å². The molecule has 5 atom stereocenters. The molecule has 9 nitrogen and oxygen atoms in total. The minimum absolute atomic E-state index is 0.423. The van der Waals surface area contributed by atoms with Gasteiger partial charge in [0, 0.05) is 12.3 Å². The second-order valence-electron chi connectivity index (χ2n) is 5.19. The highest BCUT2D eigenvalue weighted by Gasteiger charge is 2.43. The maximum absolute atomic E-state index is 9.86. The molecule has 6 N–H and O–H groups in total. The van der Waals surface area contributed by atoms with Gasteiger partial charge in [0.05, 0.1) is 46.2 Å². The Balaban J connectivity index is 2.02. The molecule has 10 heteroatoms. The van der Waals surface area contributed by atoms with Gasteiger partial charge < -0.3 is 45.1 Å². The fourth-order valence-corrected chi connectivity index (χ4v) is 3.08. The zero-order valence-electron chi connectivity index (χ0n) is 13.7. The van der Waals surface area contributed by atoms with Crippen molar-refractivity contribution in [1.82, 2.24) is 0 Å². The van der Waals surface area contributed by atoms with Crippen molar-refractivity contribution in [3.8, 4) is 0 Å². The van der Waals surface area contributed by atoms with E-state index in [0.717, 1.165) is 0 Å². The summed E-state index contributed by atoms with van der Waals surface area (Å²) in [6.07, 6.45) is -4.77. The van der Waals surface area contributed by atoms with Crippen LogP contribution in [0.5, 0.6) is 0 Å². The minimum Gasteiger partial charge on any atom is -0.394 e. The van der Waals surface area contributed by atoms with E-state index in [9.17, 15) is 15.3 Å². The predicted molar refractivity (Wildman–Crippen MR) is 87.7 cm³/mol. The molecule has 1 rings (SSSR count). The maximum atomic E-state index is 9.86. The van der Waals surface area contributed by atoms with Gasteiger partial charge in [0.15, 0.2) is 0 Å². The van der Waals surface area contributed by atoms with E-state index in [-0.39, 0.29) is 0 Å². The van der Waals surface area contributed by atoms with Crippen LogP contribution in [0.25, 0.3) is 0 Å². The average Bonchev–Trinajstić information content (AvgIpc) is 2.59. The zero-order valence-corrected chi connectivity index (χ0v) is 14.5. The van der Waals surface area contributed by atoms with Crippen molar-refractivity contribution in [2.24, 2.45) is 5.73 Å². The normalized spacial score (nSPS) is 30.6. The van der Waals surface area contributed by atoms with Crippen LogP contribution in [0.4, 0.5) is 0 Å². The van der Waals surface area contributed by atoms with Crippen LogP contribution in [0, 0.1) is 0 Å². The van der Waals surface area contributed by atoms with Gasteiger partial charge in [-0.15, -0.1) is 11.8 Å². The Morgan fingerprint density at radius 1 is 0.833 bits per heavy atom. The Kier molecular flexibility index (Phi) is 12.1. The predicted octanol–water partition coefficient (Wildman–Crippen LogP) is -2.47. The van der Waals surface area contributed by atoms with Gasteiger partial charge in [-0.1, -0.05) is 0 Å². The summed E-state index contributed by atoms with van der Waals surface area (Å²) in [6, 6.07) is 0. The molecule has 0 spiro atoms. The van der Waals surface area contributed by atoms with Gasteiger partial charge in [-0.2, -0.15) is 0 Å². The first kappa shape index (κ1) is 22.0. The van der Waals surface area contributed by atoms with Gasteiger partial charge in [-0.3, -0.25) is 0 Å². The van der Waals surface area contributed by atoms with Crippen LogP contribution < -0.4 is 5.73 Å². The van der Waals surface area contributed by atoms with E-state index in [1.54, 1.807) is 0 Å². The van der Waals surface area contributed by atoms with Crippen molar-refractivity contribution in [3.05, 3.63) is 0 Å². The molecule has 1 saturated heterocycles. The smallest absolute Gasteiger partial charge is 0.132 e. The molecule has 0 aliphatic carbocycles. The highest BCUT2D eigenvalue weighted by molar-refractivity contribution is 7.99. The number of ether oxygens (including phenoxy) is 4. The molecule has 0 aromatic heterocycles. The molecular formula is C14H29NO8S. The molecule has 0 unspecified atom stereocenters. The second kappa shape index (κ2) is 13.2.